The van der Waals surface area contributed by atoms with Gasteiger partial charge in [0.1, 0.15) is 5.83 Å². The average molecular weight is 471 g/mol. The quantitative estimate of drug-likeness (QED) is 0.621. The number of allylic oxidation sites excluding steroid dienone is 1. The highest BCUT2D eigenvalue weighted by Gasteiger charge is 2.33. The summed E-state index contributed by atoms with van der Waals surface area (Å²) in [7, 11) is 0. The van der Waals surface area contributed by atoms with Crippen molar-refractivity contribution in [2.75, 3.05) is 32.4 Å². The summed E-state index contributed by atoms with van der Waals surface area (Å²) in [5.41, 5.74) is 3.11. The lowest BCUT2D eigenvalue weighted by atomic mass is 9.93. The Morgan fingerprint density at radius 3 is 2.61 bits per heavy atom. The highest BCUT2D eigenvalue weighted by atomic mass is 32.2. The van der Waals surface area contributed by atoms with Gasteiger partial charge in [-0.15, -0.1) is 0 Å². The molecule has 0 unspecified atom stereocenters. The molecule has 3 aliphatic rings. The van der Waals surface area contributed by atoms with Crippen LogP contribution >= 0.6 is 11.8 Å². The smallest absolute Gasteiger partial charge is 0.225 e. The minimum Gasteiger partial charge on any atom is -0.342 e. The maximum absolute atomic E-state index is 13.8. The van der Waals surface area contributed by atoms with E-state index < -0.39 is 0 Å². The first-order chi connectivity index (χ1) is 16.1. The molecule has 2 saturated heterocycles. The molecule has 7 nitrogen and oxygen atoms in total. The second-order valence-electron chi connectivity index (χ2n) is 9.25. The Kier molecular flexibility index (Phi) is 6.78. The Labute approximate surface area is 198 Å². The maximum atomic E-state index is 13.8. The van der Waals surface area contributed by atoms with Crippen LogP contribution in [0, 0.1) is 5.92 Å². The predicted octanol–water partition coefficient (Wildman–Crippen LogP) is 3.73. The van der Waals surface area contributed by atoms with Crippen LogP contribution in [0.1, 0.15) is 55.1 Å². The van der Waals surface area contributed by atoms with Crippen molar-refractivity contribution in [3.63, 3.8) is 0 Å². The summed E-state index contributed by atoms with van der Waals surface area (Å²) in [6, 6.07) is 2.33. The molecule has 0 saturated carbocycles. The van der Waals surface area contributed by atoms with Crippen LogP contribution in [-0.2, 0) is 17.8 Å². The third kappa shape index (κ3) is 4.84. The van der Waals surface area contributed by atoms with Crippen LogP contribution < -0.4 is 0 Å². The van der Waals surface area contributed by atoms with Gasteiger partial charge in [0, 0.05) is 49.9 Å². The second-order valence-corrected chi connectivity index (χ2v) is 10.0. The van der Waals surface area contributed by atoms with Gasteiger partial charge >= 0.3 is 0 Å². The standard InChI is InChI=1S/C24H31FN6OS/c1-33-24-28-21-14-19(25)2-3-22(21)31(24)20-7-12-30(13-8-20)23(32)18-5-10-29(11-6-18)16-17-4-9-26-27-15-17/h4,9,14-15,18,20H,2-3,5-8,10-13,16H2,1H3. The summed E-state index contributed by atoms with van der Waals surface area (Å²) in [6.45, 7) is 4.33. The van der Waals surface area contributed by atoms with Crippen LogP contribution in [0.5, 0.6) is 0 Å². The van der Waals surface area contributed by atoms with Crippen molar-refractivity contribution in [1.82, 2.24) is 29.5 Å². The van der Waals surface area contributed by atoms with Gasteiger partial charge in [-0.25, -0.2) is 9.37 Å². The third-order valence-electron chi connectivity index (χ3n) is 7.21. The van der Waals surface area contributed by atoms with Crippen LogP contribution in [0.3, 0.4) is 0 Å². The van der Waals surface area contributed by atoms with Crippen molar-refractivity contribution in [1.29, 1.82) is 0 Å². The molecule has 1 amide bonds. The van der Waals surface area contributed by atoms with E-state index in [1.54, 1.807) is 24.0 Å². The molecule has 0 aromatic carbocycles. The fourth-order valence-corrected chi connectivity index (χ4v) is 6.06. The number of hydrogen-bond donors (Lipinski definition) is 0. The molecule has 2 aromatic rings. The van der Waals surface area contributed by atoms with Crippen LogP contribution in [0.15, 0.2) is 29.4 Å². The van der Waals surface area contributed by atoms with Gasteiger partial charge in [-0.1, -0.05) is 11.8 Å². The van der Waals surface area contributed by atoms with E-state index in [0.717, 1.165) is 75.0 Å². The van der Waals surface area contributed by atoms with Crippen molar-refractivity contribution in [2.45, 2.75) is 56.3 Å². The number of carbonyl (C=O) groups is 1. The maximum Gasteiger partial charge on any atom is 0.225 e. The molecule has 2 aromatic heterocycles. The van der Waals surface area contributed by atoms with E-state index >= 15 is 0 Å². The summed E-state index contributed by atoms with van der Waals surface area (Å²) in [5.74, 6) is 0.370. The van der Waals surface area contributed by atoms with Gasteiger partial charge in [0.05, 0.1) is 11.9 Å². The number of piperidine rings is 2. The van der Waals surface area contributed by atoms with E-state index in [1.807, 2.05) is 18.5 Å². The average Bonchev–Trinajstić information content (AvgIpc) is 3.22. The van der Waals surface area contributed by atoms with Crippen molar-refractivity contribution < 1.29 is 9.18 Å². The number of imidazole rings is 1. The van der Waals surface area contributed by atoms with E-state index in [0.29, 0.717) is 24.8 Å². The summed E-state index contributed by atoms with van der Waals surface area (Å²) in [5, 5.41) is 8.76. The van der Waals surface area contributed by atoms with Crippen molar-refractivity contribution in [2.24, 2.45) is 5.92 Å². The first-order valence-corrected chi connectivity index (χ1v) is 13.1. The number of fused-ring (bicyclic) bond motifs is 1. The SMILES string of the molecule is CSc1nc2c(n1C1CCN(C(=O)C3CCN(Cc4ccnnc4)CC3)CC1)CCC(F)=C2. The first kappa shape index (κ1) is 22.5. The van der Waals surface area contributed by atoms with E-state index in [-0.39, 0.29) is 11.7 Å². The molecular formula is C24H31FN6OS. The lowest BCUT2D eigenvalue weighted by Crippen LogP contribution is -2.45. The molecule has 2 fully saturated rings. The van der Waals surface area contributed by atoms with Crippen molar-refractivity contribution in [3.05, 3.63) is 41.2 Å². The number of aromatic nitrogens is 4. The van der Waals surface area contributed by atoms with E-state index in [4.69, 9.17) is 0 Å². The number of hydrogen-bond acceptors (Lipinski definition) is 6. The summed E-state index contributed by atoms with van der Waals surface area (Å²) >= 11 is 1.62. The molecule has 2 aliphatic heterocycles. The van der Waals surface area contributed by atoms with Gasteiger partial charge in [0.15, 0.2) is 5.16 Å². The number of nitrogens with zero attached hydrogens (tertiary/aromatic N) is 6. The van der Waals surface area contributed by atoms with Crippen LogP contribution in [-0.4, -0.2) is 67.9 Å². The van der Waals surface area contributed by atoms with Gasteiger partial charge in [0.2, 0.25) is 5.91 Å². The molecule has 0 atom stereocenters. The van der Waals surface area contributed by atoms with E-state index in [1.165, 1.54) is 5.56 Å². The number of halogens is 1. The fraction of sp³-hybridized carbons (Fsp3) is 0.583. The topological polar surface area (TPSA) is 67.2 Å². The lowest BCUT2D eigenvalue weighted by Gasteiger charge is -2.38. The van der Waals surface area contributed by atoms with Crippen LogP contribution in [0.2, 0.25) is 0 Å². The number of likely N-dealkylation sites (tertiary alicyclic amines) is 2. The molecule has 4 heterocycles. The molecule has 33 heavy (non-hydrogen) atoms. The third-order valence-corrected chi connectivity index (χ3v) is 7.87. The molecule has 0 bridgehead atoms. The number of carbonyl (C=O) groups excluding carboxylic acids is 1. The highest BCUT2D eigenvalue weighted by Crippen LogP contribution is 2.35. The fourth-order valence-electron chi connectivity index (χ4n) is 5.41. The molecule has 0 N–H and O–H groups in total. The van der Waals surface area contributed by atoms with Crippen molar-refractivity contribution >= 4 is 23.7 Å². The normalized spacial score (nSPS) is 20.5. The number of amides is 1. The highest BCUT2D eigenvalue weighted by molar-refractivity contribution is 7.98. The largest absolute Gasteiger partial charge is 0.342 e. The first-order valence-electron chi connectivity index (χ1n) is 11.9. The Morgan fingerprint density at radius 1 is 1.12 bits per heavy atom. The number of thioether (sulfide) groups is 1. The number of rotatable bonds is 5. The van der Waals surface area contributed by atoms with Gasteiger partial charge < -0.3 is 9.47 Å². The molecule has 5 rings (SSSR count). The molecule has 1 aliphatic carbocycles. The van der Waals surface area contributed by atoms with E-state index in [2.05, 4.69) is 29.5 Å². The Morgan fingerprint density at radius 2 is 1.91 bits per heavy atom. The van der Waals surface area contributed by atoms with Gasteiger partial charge in [-0.3, -0.25) is 9.69 Å². The zero-order chi connectivity index (χ0) is 22.8. The minimum atomic E-state index is -0.0799. The Hall–Kier alpha value is -2.26. The molecular weight excluding hydrogens is 439 g/mol. The predicted molar refractivity (Wildman–Crippen MR) is 126 cm³/mol. The summed E-state index contributed by atoms with van der Waals surface area (Å²) in [4.78, 5) is 22.4. The van der Waals surface area contributed by atoms with Gasteiger partial charge in [0.25, 0.3) is 0 Å². The lowest BCUT2D eigenvalue weighted by molar-refractivity contribution is -0.138. The van der Waals surface area contributed by atoms with Crippen molar-refractivity contribution in [3.8, 4) is 0 Å². The Balaban J connectivity index is 1.16. The summed E-state index contributed by atoms with van der Waals surface area (Å²) < 4.78 is 16.1. The van der Waals surface area contributed by atoms with Gasteiger partial charge in [-0.05, 0) is 69.2 Å². The molecule has 176 valence electrons. The molecule has 0 radical (unpaired) electrons. The monoisotopic (exact) mass is 470 g/mol. The molecule has 0 spiro atoms. The van der Waals surface area contributed by atoms with Gasteiger partial charge in [-0.2, -0.15) is 10.2 Å². The zero-order valence-corrected chi connectivity index (χ0v) is 19.9. The van der Waals surface area contributed by atoms with Crippen LogP contribution in [0.25, 0.3) is 6.08 Å². The molecule has 9 heteroatoms. The second kappa shape index (κ2) is 9.93. The zero-order valence-electron chi connectivity index (χ0n) is 19.1. The summed E-state index contributed by atoms with van der Waals surface area (Å²) in [6.07, 6.45) is 12.0. The minimum absolute atomic E-state index is 0.0799. The van der Waals surface area contributed by atoms with Crippen LogP contribution in [0.4, 0.5) is 4.39 Å². The van der Waals surface area contributed by atoms with E-state index in [9.17, 15) is 9.18 Å². The Bertz CT molecular complexity index is 1010.